The predicted molar refractivity (Wildman–Crippen MR) is 114 cm³/mol. The van der Waals surface area contributed by atoms with Gasteiger partial charge < -0.3 is 15.4 Å². The third-order valence-electron chi connectivity index (χ3n) is 4.28. The van der Waals surface area contributed by atoms with Gasteiger partial charge >= 0.3 is 22.7 Å². The van der Waals surface area contributed by atoms with Crippen LogP contribution >= 0.6 is 11.3 Å². The number of para-hydroxylation sites is 1. The van der Waals surface area contributed by atoms with Crippen LogP contribution in [0.5, 0.6) is 0 Å². The number of aryl methyl sites for hydroxylation is 2. The molecule has 1 heterocycles. The molecule has 156 valence electrons. The van der Waals surface area contributed by atoms with Gasteiger partial charge in [0.1, 0.15) is 6.61 Å². The highest BCUT2D eigenvalue weighted by atomic mass is 32.1. The third kappa shape index (κ3) is 5.54. The fraction of sp³-hybridized carbons (Fsp3) is 0.238. The number of thiazole rings is 1. The van der Waals surface area contributed by atoms with Gasteiger partial charge in [0.05, 0.1) is 23.2 Å². The molecule has 2 amide bonds. The van der Waals surface area contributed by atoms with E-state index in [-0.39, 0.29) is 31.0 Å². The number of rotatable bonds is 7. The Bertz CT molecular complexity index is 1120. The van der Waals surface area contributed by atoms with Gasteiger partial charge in [0.25, 0.3) is 0 Å². The average molecular weight is 427 g/mol. The number of benzene rings is 2. The summed E-state index contributed by atoms with van der Waals surface area (Å²) in [7, 11) is 0. The van der Waals surface area contributed by atoms with Gasteiger partial charge in [-0.15, -0.1) is 0 Å². The van der Waals surface area contributed by atoms with Crippen LogP contribution in [0.2, 0.25) is 0 Å². The van der Waals surface area contributed by atoms with Gasteiger partial charge in [-0.25, -0.2) is 0 Å². The lowest BCUT2D eigenvalue weighted by atomic mass is 10.2. The Hall–Kier alpha value is -3.46. The Labute approximate surface area is 176 Å². The number of fused-ring (bicyclic) bond motifs is 1. The topological polar surface area (TPSA) is 106 Å². The number of hydrogen-bond donors (Lipinski definition) is 2. The van der Waals surface area contributed by atoms with Crippen molar-refractivity contribution in [1.29, 1.82) is 0 Å². The van der Waals surface area contributed by atoms with Crippen molar-refractivity contribution in [1.82, 2.24) is 9.88 Å². The number of nitrogens with one attached hydrogen (secondary N) is 2. The molecule has 0 aliphatic carbocycles. The molecule has 0 fully saturated rings. The lowest BCUT2D eigenvalue weighted by Gasteiger charge is -2.08. The van der Waals surface area contributed by atoms with Crippen LogP contribution in [0.25, 0.3) is 10.2 Å². The summed E-state index contributed by atoms with van der Waals surface area (Å²) in [6.07, 6.45) is 0.0302. The number of anilines is 1. The fourth-order valence-electron chi connectivity index (χ4n) is 2.74. The highest BCUT2D eigenvalue weighted by molar-refractivity contribution is 7.16. The second-order valence-electron chi connectivity index (χ2n) is 6.53. The maximum Gasteiger partial charge on any atom is 0.313 e. The van der Waals surface area contributed by atoms with Crippen LogP contribution in [0.4, 0.5) is 5.69 Å². The molecule has 8 nitrogen and oxygen atoms in total. The summed E-state index contributed by atoms with van der Waals surface area (Å²) in [5.74, 6) is -2.10. The van der Waals surface area contributed by atoms with Crippen molar-refractivity contribution in [3.8, 4) is 0 Å². The van der Waals surface area contributed by atoms with Crippen molar-refractivity contribution in [2.45, 2.75) is 19.9 Å². The molecular weight excluding hydrogens is 406 g/mol. The molecule has 9 heteroatoms. The van der Waals surface area contributed by atoms with Gasteiger partial charge in [0.2, 0.25) is 0 Å². The third-order valence-corrected chi connectivity index (χ3v) is 5.24. The minimum Gasteiger partial charge on any atom is -0.464 e. The fourth-order valence-corrected chi connectivity index (χ4v) is 3.65. The predicted octanol–water partition coefficient (Wildman–Crippen LogP) is 2.06. The Balaban J connectivity index is 1.37. The number of nitrogens with zero attached hydrogens (tertiary/aromatic N) is 1. The lowest BCUT2D eigenvalue weighted by molar-refractivity contribution is -0.144. The first-order valence-corrected chi connectivity index (χ1v) is 10.2. The van der Waals surface area contributed by atoms with Crippen LogP contribution in [-0.2, 0) is 25.7 Å². The number of carbonyl (C=O) groups excluding carboxylic acids is 3. The standard InChI is InChI=1S/C21H21N3O5S/c1-14-6-8-15(9-7-14)23-20(27)19(26)22-11-13-29-18(25)10-12-24-16-4-2-3-5-17(16)30-21(24)28/h2-9H,10-13H2,1H3,(H,22,26)(H,23,27). The minimum absolute atomic E-state index is 0.00716. The summed E-state index contributed by atoms with van der Waals surface area (Å²) in [6, 6.07) is 14.4. The molecule has 0 saturated carbocycles. The van der Waals surface area contributed by atoms with Crippen molar-refractivity contribution in [3.05, 3.63) is 63.8 Å². The summed E-state index contributed by atoms with van der Waals surface area (Å²) >= 11 is 1.13. The molecule has 0 saturated heterocycles. The molecule has 0 aliphatic heterocycles. The molecule has 3 rings (SSSR count). The van der Waals surface area contributed by atoms with E-state index >= 15 is 0 Å². The van der Waals surface area contributed by atoms with E-state index < -0.39 is 17.8 Å². The second-order valence-corrected chi connectivity index (χ2v) is 7.53. The number of esters is 1. The minimum atomic E-state index is -0.817. The number of carbonyl (C=O) groups is 3. The molecule has 0 radical (unpaired) electrons. The average Bonchev–Trinajstić information content (AvgIpc) is 3.06. The zero-order valence-corrected chi connectivity index (χ0v) is 17.2. The quantitative estimate of drug-likeness (QED) is 0.341. The summed E-state index contributed by atoms with van der Waals surface area (Å²) in [5.41, 5.74) is 2.34. The number of aromatic nitrogens is 1. The molecule has 1 aromatic heterocycles. The first-order valence-electron chi connectivity index (χ1n) is 9.34. The molecule has 0 atom stereocenters. The maximum atomic E-state index is 12.0. The van der Waals surface area contributed by atoms with Crippen molar-refractivity contribution < 1.29 is 19.1 Å². The van der Waals surface area contributed by atoms with Crippen molar-refractivity contribution in [2.75, 3.05) is 18.5 Å². The van der Waals surface area contributed by atoms with Crippen LogP contribution in [0, 0.1) is 6.92 Å². The van der Waals surface area contributed by atoms with E-state index in [2.05, 4.69) is 10.6 Å². The second kappa shape index (κ2) is 9.84. The first-order chi connectivity index (χ1) is 14.4. The molecular formula is C21H21N3O5S. The van der Waals surface area contributed by atoms with Crippen molar-refractivity contribution >= 4 is 45.0 Å². The van der Waals surface area contributed by atoms with Gasteiger partial charge in [-0.2, -0.15) is 0 Å². The van der Waals surface area contributed by atoms with Gasteiger partial charge in [-0.1, -0.05) is 41.2 Å². The van der Waals surface area contributed by atoms with Gasteiger partial charge in [0.15, 0.2) is 0 Å². The molecule has 0 aliphatic rings. The normalized spacial score (nSPS) is 10.6. The van der Waals surface area contributed by atoms with E-state index in [4.69, 9.17) is 4.74 Å². The summed E-state index contributed by atoms with van der Waals surface area (Å²) in [6.45, 7) is 2.07. The van der Waals surface area contributed by atoms with E-state index in [1.807, 2.05) is 43.3 Å². The van der Waals surface area contributed by atoms with Gasteiger partial charge in [-0.05, 0) is 31.2 Å². The Morgan fingerprint density at radius 1 is 1.03 bits per heavy atom. The zero-order chi connectivity index (χ0) is 21.5. The first kappa shape index (κ1) is 21.3. The molecule has 2 aromatic carbocycles. The molecule has 3 aromatic rings. The largest absolute Gasteiger partial charge is 0.464 e. The SMILES string of the molecule is Cc1ccc(NC(=O)C(=O)NCCOC(=O)CCn2c(=O)sc3ccccc32)cc1. The molecule has 2 N–H and O–H groups in total. The van der Waals surface area contributed by atoms with E-state index in [0.29, 0.717) is 5.69 Å². The summed E-state index contributed by atoms with van der Waals surface area (Å²) in [5, 5.41) is 4.87. The highest BCUT2D eigenvalue weighted by Gasteiger charge is 2.14. The van der Waals surface area contributed by atoms with Crippen LogP contribution in [0.15, 0.2) is 53.3 Å². The van der Waals surface area contributed by atoms with Gasteiger partial charge in [-0.3, -0.25) is 23.7 Å². The van der Waals surface area contributed by atoms with Gasteiger partial charge in [0, 0.05) is 12.2 Å². The van der Waals surface area contributed by atoms with Crippen LogP contribution in [0.3, 0.4) is 0 Å². The molecule has 0 unspecified atom stereocenters. The Morgan fingerprint density at radius 2 is 1.77 bits per heavy atom. The van der Waals surface area contributed by atoms with E-state index in [9.17, 15) is 19.2 Å². The molecule has 30 heavy (non-hydrogen) atoms. The summed E-state index contributed by atoms with van der Waals surface area (Å²) < 4.78 is 7.46. The van der Waals surface area contributed by atoms with E-state index in [1.54, 1.807) is 16.7 Å². The van der Waals surface area contributed by atoms with Crippen LogP contribution in [0.1, 0.15) is 12.0 Å². The Morgan fingerprint density at radius 3 is 2.53 bits per heavy atom. The smallest absolute Gasteiger partial charge is 0.313 e. The Kier molecular flexibility index (Phi) is 6.97. The number of ether oxygens (including phenoxy) is 1. The monoisotopic (exact) mass is 427 g/mol. The maximum absolute atomic E-state index is 12.0. The van der Waals surface area contributed by atoms with Crippen molar-refractivity contribution in [2.24, 2.45) is 0 Å². The molecule has 0 spiro atoms. The molecule has 0 bridgehead atoms. The van der Waals surface area contributed by atoms with Crippen LogP contribution in [-0.4, -0.2) is 35.5 Å². The van der Waals surface area contributed by atoms with Crippen molar-refractivity contribution in [3.63, 3.8) is 0 Å². The van der Waals surface area contributed by atoms with E-state index in [1.165, 1.54) is 0 Å². The zero-order valence-electron chi connectivity index (χ0n) is 16.3. The summed E-state index contributed by atoms with van der Waals surface area (Å²) in [4.78, 5) is 47.5. The highest BCUT2D eigenvalue weighted by Crippen LogP contribution is 2.16. The number of amides is 2. The number of hydrogen-bond acceptors (Lipinski definition) is 6. The van der Waals surface area contributed by atoms with Crippen LogP contribution < -0.4 is 15.5 Å². The van der Waals surface area contributed by atoms with E-state index in [0.717, 1.165) is 27.1 Å². The lowest BCUT2D eigenvalue weighted by Crippen LogP contribution is -2.37.